The normalized spacial score (nSPS) is 13.2. The zero-order valence-corrected chi connectivity index (χ0v) is 17.9. The third-order valence-electron chi connectivity index (χ3n) is 4.78. The van der Waals surface area contributed by atoms with Crippen molar-refractivity contribution in [2.24, 2.45) is 11.8 Å². The first-order valence-corrected chi connectivity index (χ1v) is 10.3. The van der Waals surface area contributed by atoms with Crippen LogP contribution in [0.25, 0.3) is 6.08 Å². The van der Waals surface area contributed by atoms with E-state index in [4.69, 9.17) is 9.47 Å². The van der Waals surface area contributed by atoms with E-state index in [0.717, 1.165) is 5.56 Å². The van der Waals surface area contributed by atoms with Gasteiger partial charge < -0.3 is 9.47 Å². The Morgan fingerprint density at radius 1 is 0.935 bits per heavy atom. The molecule has 5 heteroatoms. The van der Waals surface area contributed by atoms with Crippen LogP contribution in [-0.2, 0) is 9.53 Å². The van der Waals surface area contributed by atoms with Crippen molar-refractivity contribution in [1.29, 1.82) is 0 Å². The first-order valence-electron chi connectivity index (χ1n) is 10.3. The van der Waals surface area contributed by atoms with Gasteiger partial charge in [-0.15, -0.1) is 0 Å². The van der Waals surface area contributed by atoms with Gasteiger partial charge in [0, 0.05) is 6.07 Å². The molecule has 4 nitrogen and oxygen atoms in total. The molecule has 0 saturated carbocycles. The van der Waals surface area contributed by atoms with Crippen LogP contribution in [-0.4, -0.2) is 11.0 Å². The monoisotopic (exact) mass is 419 g/mol. The zero-order valence-electron chi connectivity index (χ0n) is 17.9. The second-order valence-corrected chi connectivity index (χ2v) is 7.58. The largest absolute Gasteiger partial charge is 0.456 e. The molecule has 2 unspecified atom stereocenters. The van der Waals surface area contributed by atoms with E-state index < -0.39 is 12.0 Å². The van der Waals surface area contributed by atoms with E-state index >= 15 is 0 Å². The molecule has 0 radical (unpaired) electrons. The van der Waals surface area contributed by atoms with Crippen LogP contribution in [0.2, 0.25) is 0 Å². The Morgan fingerprint density at radius 3 is 2.32 bits per heavy atom. The molecule has 31 heavy (non-hydrogen) atoms. The van der Waals surface area contributed by atoms with Gasteiger partial charge in [-0.2, -0.15) is 0 Å². The van der Waals surface area contributed by atoms with E-state index in [1.54, 1.807) is 37.3 Å². The quantitative estimate of drug-likeness (QED) is 0.386. The van der Waals surface area contributed by atoms with Crippen molar-refractivity contribution >= 4 is 12.0 Å². The van der Waals surface area contributed by atoms with E-state index in [2.05, 4.69) is 4.98 Å². The standard InChI is InChI=1S/C26H26FNO3/c1-18(2)23(17-14-20-12-15-21(27)16-13-20)26(29)30-19(3)24-10-7-11-25(28-24)31-22-8-5-4-6-9-22/h4-19,23H,1-3H3. The van der Waals surface area contributed by atoms with Crippen LogP contribution in [0.4, 0.5) is 4.39 Å². The number of benzene rings is 2. The number of pyridine rings is 1. The van der Waals surface area contributed by atoms with Crippen molar-refractivity contribution in [3.05, 3.63) is 95.9 Å². The minimum Gasteiger partial charge on any atom is -0.456 e. The molecule has 2 aromatic carbocycles. The second-order valence-electron chi connectivity index (χ2n) is 7.58. The van der Waals surface area contributed by atoms with Gasteiger partial charge in [0.05, 0.1) is 11.6 Å². The molecule has 3 rings (SSSR count). The molecule has 160 valence electrons. The van der Waals surface area contributed by atoms with Gasteiger partial charge in [-0.1, -0.05) is 62.4 Å². The minimum absolute atomic E-state index is 0.0390. The highest BCUT2D eigenvalue weighted by atomic mass is 19.1. The Hall–Kier alpha value is -3.47. The number of esters is 1. The fourth-order valence-electron chi connectivity index (χ4n) is 3.00. The van der Waals surface area contributed by atoms with Crippen LogP contribution in [0, 0.1) is 17.7 Å². The summed E-state index contributed by atoms with van der Waals surface area (Å²) in [5.74, 6) is 0.0907. The molecule has 0 saturated heterocycles. The Kier molecular flexibility index (Phi) is 7.55. The number of aromatic nitrogens is 1. The SMILES string of the molecule is CC(OC(=O)C(C=Cc1ccc(F)cc1)C(C)C)c1cccc(Oc2ccccc2)n1. The molecule has 1 aromatic heterocycles. The number of carbonyl (C=O) groups is 1. The zero-order chi connectivity index (χ0) is 22.2. The number of nitrogens with zero attached hydrogens (tertiary/aromatic N) is 1. The summed E-state index contributed by atoms with van der Waals surface area (Å²) in [6.45, 7) is 5.70. The van der Waals surface area contributed by atoms with Gasteiger partial charge in [0.25, 0.3) is 0 Å². The summed E-state index contributed by atoms with van der Waals surface area (Å²) in [6, 6.07) is 20.9. The van der Waals surface area contributed by atoms with E-state index in [0.29, 0.717) is 17.3 Å². The second kappa shape index (κ2) is 10.5. The summed E-state index contributed by atoms with van der Waals surface area (Å²) in [7, 11) is 0. The maximum Gasteiger partial charge on any atom is 0.313 e. The molecule has 1 heterocycles. The highest BCUT2D eigenvalue weighted by Gasteiger charge is 2.24. The maximum absolute atomic E-state index is 13.1. The van der Waals surface area contributed by atoms with Crippen molar-refractivity contribution in [3.8, 4) is 11.6 Å². The van der Waals surface area contributed by atoms with Gasteiger partial charge in [-0.3, -0.25) is 4.79 Å². The van der Waals surface area contributed by atoms with Crippen molar-refractivity contribution in [1.82, 2.24) is 4.98 Å². The number of halogens is 1. The summed E-state index contributed by atoms with van der Waals surface area (Å²) < 4.78 is 24.6. The van der Waals surface area contributed by atoms with E-state index in [9.17, 15) is 9.18 Å². The van der Waals surface area contributed by atoms with Gasteiger partial charge in [-0.05, 0) is 48.7 Å². The van der Waals surface area contributed by atoms with Gasteiger partial charge in [0.15, 0.2) is 0 Å². The number of rotatable bonds is 8. The lowest BCUT2D eigenvalue weighted by atomic mass is 9.94. The van der Waals surface area contributed by atoms with Crippen molar-refractivity contribution in [2.45, 2.75) is 26.9 Å². The number of hydrogen-bond donors (Lipinski definition) is 0. The van der Waals surface area contributed by atoms with Gasteiger partial charge >= 0.3 is 5.97 Å². The Morgan fingerprint density at radius 2 is 1.65 bits per heavy atom. The number of para-hydroxylation sites is 1. The van der Waals surface area contributed by atoms with Crippen molar-refractivity contribution in [3.63, 3.8) is 0 Å². The molecule has 0 N–H and O–H groups in total. The highest BCUT2D eigenvalue weighted by Crippen LogP contribution is 2.25. The lowest BCUT2D eigenvalue weighted by Crippen LogP contribution is -2.22. The lowest BCUT2D eigenvalue weighted by molar-refractivity contribution is -0.153. The Bertz CT molecular complexity index is 1020. The van der Waals surface area contributed by atoms with Crippen LogP contribution in [0.5, 0.6) is 11.6 Å². The highest BCUT2D eigenvalue weighted by molar-refractivity contribution is 5.76. The topological polar surface area (TPSA) is 48.4 Å². The van der Waals surface area contributed by atoms with Crippen molar-refractivity contribution in [2.75, 3.05) is 0 Å². The fraction of sp³-hybridized carbons (Fsp3) is 0.231. The average molecular weight is 419 g/mol. The van der Waals surface area contributed by atoms with Crippen LogP contribution in [0.15, 0.2) is 78.9 Å². The Balaban J connectivity index is 1.67. The lowest BCUT2D eigenvalue weighted by Gasteiger charge is -2.20. The number of carbonyl (C=O) groups excluding carboxylic acids is 1. The summed E-state index contributed by atoms with van der Waals surface area (Å²) in [5, 5.41) is 0. The van der Waals surface area contributed by atoms with Gasteiger partial charge in [0.1, 0.15) is 17.7 Å². The average Bonchev–Trinajstić information content (AvgIpc) is 2.76. The maximum atomic E-state index is 13.1. The molecular formula is C26H26FNO3. The van der Waals surface area contributed by atoms with Crippen LogP contribution >= 0.6 is 0 Å². The van der Waals surface area contributed by atoms with E-state index in [1.807, 2.05) is 56.3 Å². The van der Waals surface area contributed by atoms with Crippen LogP contribution < -0.4 is 4.74 Å². The molecule has 3 aromatic rings. The molecular weight excluding hydrogens is 393 g/mol. The minimum atomic E-state index is -0.535. The predicted octanol–water partition coefficient (Wildman–Crippen LogP) is 6.60. The smallest absolute Gasteiger partial charge is 0.313 e. The summed E-state index contributed by atoms with van der Waals surface area (Å²) >= 11 is 0. The van der Waals surface area contributed by atoms with E-state index in [-0.39, 0.29) is 17.7 Å². The molecule has 0 amide bonds. The predicted molar refractivity (Wildman–Crippen MR) is 119 cm³/mol. The third kappa shape index (κ3) is 6.51. The summed E-state index contributed by atoms with van der Waals surface area (Å²) in [4.78, 5) is 17.3. The number of ether oxygens (including phenoxy) is 2. The van der Waals surface area contributed by atoms with E-state index in [1.165, 1.54) is 12.1 Å². The molecule has 0 bridgehead atoms. The van der Waals surface area contributed by atoms with Gasteiger partial charge in [0.2, 0.25) is 5.88 Å². The summed E-state index contributed by atoms with van der Waals surface area (Å²) in [6.07, 6.45) is 3.07. The molecule has 0 spiro atoms. The van der Waals surface area contributed by atoms with Crippen LogP contribution in [0.3, 0.4) is 0 Å². The molecule has 0 aliphatic rings. The fourth-order valence-corrected chi connectivity index (χ4v) is 3.00. The first kappa shape index (κ1) is 22.2. The number of hydrogen-bond acceptors (Lipinski definition) is 4. The third-order valence-corrected chi connectivity index (χ3v) is 4.78. The summed E-state index contributed by atoms with van der Waals surface area (Å²) in [5.41, 5.74) is 1.42. The first-order chi connectivity index (χ1) is 14.9. The van der Waals surface area contributed by atoms with Crippen LogP contribution in [0.1, 0.15) is 38.1 Å². The molecule has 0 aliphatic heterocycles. The molecule has 2 atom stereocenters. The molecule has 0 aliphatic carbocycles. The molecule has 0 fully saturated rings. The van der Waals surface area contributed by atoms with Gasteiger partial charge in [-0.25, -0.2) is 9.37 Å². The Labute approximate surface area is 182 Å². The van der Waals surface area contributed by atoms with Crippen molar-refractivity contribution < 1.29 is 18.7 Å².